The molecule has 1 atom stereocenters. The van der Waals surface area contributed by atoms with Gasteiger partial charge in [-0.15, -0.1) is 6.58 Å². The predicted molar refractivity (Wildman–Crippen MR) is 259 cm³/mol. The Morgan fingerprint density at radius 3 is 1.07 bits per heavy atom. The average molecular weight is 1220 g/mol. The molecule has 0 saturated carbocycles. The fourth-order valence-electron chi connectivity index (χ4n) is 6.67. The summed E-state index contributed by atoms with van der Waals surface area (Å²) in [6.07, 6.45) is 2.16. The molecule has 0 aromatic rings. The summed E-state index contributed by atoms with van der Waals surface area (Å²) in [4.78, 5) is 74.8. The molecule has 69 heavy (non-hydrogen) atoms. The van der Waals surface area contributed by atoms with Gasteiger partial charge in [0, 0.05) is 124 Å². The summed E-state index contributed by atoms with van der Waals surface area (Å²) in [6, 6.07) is 0.595. The first kappa shape index (κ1) is 68.0. The molecule has 1 unspecified atom stereocenters. The van der Waals surface area contributed by atoms with Crippen LogP contribution in [0, 0.1) is 0 Å². The molecule has 0 bridgehead atoms. The number of nitrogens with zero attached hydrogens (tertiary/aromatic N) is 3. The van der Waals surface area contributed by atoms with Gasteiger partial charge in [0.05, 0.1) is 0 Å². The number of rotatable bonds is 27. The summed E-state index contributed by atoms with van der Waals surface area (Å²) in [6.45, 7) is 38.6. The second-order valence-corrected chi connectivity index (χ2v) is 22.6. The van der Waals surface area contributed by atoms with Crippen molar-refractivity contribution in [2.45, 2.75) is 129 Å². The monoisotopic (exact) mass is 1210 g/mol. The van der Waals surface area contributed by atoms with Gasteiger partial charge in [0.2, 0.25) is 0 Å². The van der Waals surface area contributed by atoms with Crippen molar-refractivity contribution in [3.63, 3.8) is 0 Å². The Morgan fingerprint density at radius 2 is 0.797 bits per heavy atom. The van der Waals surface area contributed by atoms with Crippen LogP contribution in [0.1, 0.15) is 117 Å². The van der Waals surface area contributed by atoms with Crippen molar-refractivity contribution >= 4 is 62.6 Å². The zero-order valence-electron chi connectivity index (χ0n) is 43.9. The van der Waals surface area contributed by atoms with Crippen molar-refractivity contribution < 1.29 is 93.9 Å². The van der Waals surface area contributed by atoms with E-state index < -0.39 is 45.6 Å². The van der Waals surface area contributed by atoms with E-state index >= 15 is 0 Å². The number of carbonyl (C=O) groups is 6. The zero-order valence-corrected chi connectivity index (χ0v) is 49.4. The van der Waals surface area contributed by atoms with Crippen molar-refractivity contribution in [3.8, 4) is 0 Å². The first-order valence-electron chi connectivity index (χ1n) is 23.4. The molecule has 0 aromatic carbocycles. The van der Waals surface area contributed by atoms with Gasteiger partial charge in [-0.05, 0) is 110 Å². The van der Waals surface area contributed by atoms with Gasteiger partial charge in [0.15, 0.2) is 0 Å². The van der Waals surface area contributed by atoms with E-state index in [1.807, 2.05) is 69.2 Å². The van der Waals surface area contributed by atoms with E-state index in [0.29, 0.717) is 118 Å². The standard InChI is InChI=1S/2C15H27NO5Si.C9H11NO2.C6H16O3Si.2O.Pt/c1-7-19-22(20-8-2,21-9-3)11(4)10-16-14(17)12(5)13(6)15(16)18;1-6-19-22(20-7-2,21-8-3)11-9-10-16-14(17)12(4)13(5)15(16)18;1-4-5-10-8(11)6(2)7(3)9(10)12;1-4-7-10(8-5-2)9-6-3;;;/h11H,7-10H2,1-6H3;6-11H2,1-5H3;4H,1,5H2,2-3H3;10H,4-6H2,1-3H3;;;. The van der Waals surface area contributed by atoms with Gasteiger partial charge in [0.1, 0.15) is 0 Å². The van der Waals surface area contributed by atoms with Gasteiger partial charge in [-0.25, -0.2) is 0 Å². The summed E-state index contributed by atoms with van der Waals surface area (Å²) in [5.41, 5.74) is 2.99. The van der Waals surface area contributed by atoms with Gasteiger partial charge in [-0.2, -0.15) is 0 Å². The average Bonchev–Trinajstić information content (AvgIpc) is 3.70. The van der Waals surface area contributed by atoms with Crippen LogP contribution in [-0.2, 0) is 93.9 Å². The van der Waals surface area contributed by atoms with Crippen LogP contribution in [0.3, 0.4) is 0 Å². The van der Waals surface area contributed by atoms with Crippen molar-refractivity contribution in [3.05, 3.63) is 46.1 Å². The molecule has 3 aliphatic heterocycles. The summed E-state index contributed by atoms with van der Waals surface area (Å²) >= 11 is -1.92. The van der Waals surface area contributed by atoms with E-state index in [0.717, 1.165) is 0 Å². The molecule has 3 heterocycles. The van der Waals surface area contributed by atoms with Gasteiger partial charge in [-0.1, -0.05) is 13.0 Å². The van der Waals surface area contributed by atoms with Crippen molar-refractivity contribution in [1.29, 1.82) is 0 Å². The maximum absolute atomic E-state index is 12.2. The normalized spacial score (nSPS) is 15.7. The topological polar surface area (TPSA) is 229 Å². The minimum absolute atomic E-state index is 0.182. The molecular formula is C45H81N3O17PtSi3. The van der Waals surface area contributed by atoms with Crippen LogP contribution in [0.5, 0.6) is 0 Å². The molecule has 3 aliphatic rings. The summed E-state index contributed by atoms with van der Waals surface area (Å²) in [5.74, 6) is -1.25. The molecule has 0 spiro atoms. The summed E-state index contributed by atoms with van der Waals surface area (Å²) in [7, 11) is -7.38. The third kappa shape index (κ3) is 21.3. The number of carbonyl (C=O) groups excluding carboxylic acids is 6. The second-order valence-electron chi connectivity index (χ2n) is 14.8. The molecule has 0 aliphatic carbocycles. The number of imide groups is 3. The quantitative estimate of drug-likeness (QED) is 0.0545. The van der Waals surface area contributed by atoms with Crippen LogP contribution in [0.2, 0.25) is 11.6 Å². The fourth-order valence-corrected chi connectivity index (χ4v) is 13.1. The first-order chi connectivity index (χ1) is 32.6. The number of hydrogen-bond acceptors (Lipinski definition) is 17. The van der Waals surface area contributed by atoms with Crippen molar-refractivity contribution in [1.82, 2.24) is 14.7 Å². The van der Waals surface area contributed by atoms with Crippen LogP contribution >= 0.6 is 0 Å². The zero-order chi connectivity index (χ0) is 53.5. The summed E-state index contributed by atoms with van der Waals surface area (Å²) in [5, 5.41) is 0. The van der Waals surface area contributed by atoms with Crippen LogP contribution in [0.15, 0.2) is 46.1 Å². The number of hydrogen-bond donors (Lipinski definition) is 0. The van der Waals surface area contributed by atoms with E-state index in [2.05, 4.69) is 6.58 Å². The van der Waals surface area contributed by atoms with E-state index in [1.54, 1.807) is 47.6 Å². The Hall–Kier alpha value is -3.04. The van der Waals surface area contributed by atoms with Crippen molar-refractivity contribution in [2.75, 3.05) is 79.1 Å². The Balaban J connectivity index is 0. The van der Waals surface area contributed by atoms with Gasteiger partial charge >= 0.3 is 52.4 Å². The molecule has 0 saturated heterocycles. The molecule has 3 rings (SSSR count). The van der Waals surface area contributed by atoms with Crippen LogP contribution < -0.4 is 0 Å². The fraction of sp³-hybridized carbons (Fsp3) is 0.689. The van der Waals surface area contributed by atoms with Crippen LogP contribution in [0.4, 0.5) is 0 Å². The predicted octanol–water partition coefficient (Wildman–Crippen LogP) is 5.71. The van der Waals surface area contributed by atoms with Gasteiger partial charge < -0.3 is 39.8 Å². The molecule has 20 nitrogen and oxygen atoms in total. The Morgan fingerprint density at radius 1 is 0.507 bits per heavy atom. The van der Waals surface area contributed by atoms with E-state index in [1.165, 1.54) is 14.7 Å². The number of amides is 6. The molecule has 6 amide bonds. The third-order valence-electron chi connectivity index (χ3n) is 10.4. The Labute approximate surface area is 423 Å². The third-order valence-corrected chi connectivity index (χ3v) is 18.8. The van der Waals surface area contributed by atoms with E-state index in [-0.39, 0.29) is 47.5 Å². The molecule has 0 N–H and O–H groups in total. The Kier molecular flexibility index (Phi) is 36.3. The van der Waals surface area contributed by atoms with Gasteiger partial charge in [0.25, 0.3) is 35.4 Å². The SMILES string of the molecule is C=CCN1C(=O)C(C)=C(C)C1=O.CCO[SiH](OCC)OCC.CCO[Si](CCCN1C(=O)C(C)=C(C)C1=O)(OCC)OCC.CCO[Si](OCC)(OCC)C(C)CN1C(=O)C(C)=C(C)C1=O.[O]=[Pt]=[O]. The summed E-state index contributed by atoms with van der Waals surface area (Å²) < 4.78 is 67.4. The van der Waals surface area contributed by atoms with Gasteiger partial charge in [-0.3, -0.25) is 43.5 Å². The maximum atomic E-state index is 12.2. The van der Waals surface area contributed by atoms with Crippen LogP contribution in [0.25, 0.3) is 0 Å². The molecule has 24 heteroatoms. The van der Waals surface area contributed by atoms with E-state index in [4.69, 9.17) is 46.6 Å². The second kappa shape index (κ2) is 36.8. The minimum atomic E-state index is -2.93. The Bertz CT molecular complexity index is 1700. The molecule has 0 radical (unpaired) electrons. The first-order valence-corrected chi connectivity index (χ1v) is 30.4. The van der Waals surface area contributed by atoms with Crippen molar-refractivity contribution in [2.24, 2.45) is 0 Å². The molecule has 0 aromatic heterocycles. The molecule has 0 fully saturated rings. The molecule has 400 valence electrons. The van der Waals surface area contributed by atoms with E-state index in [9.17, 15) is 28.8 Å². The molecular weight excluding hydrogens is 1130 g/mol. The van der Waals surface area contributed by atoms with Crippen LogP contribution in [-0.4, -0.2) is 156 Å².